The second-order valence-electron chi connectivity index (χ2n) is 7.79. The first-order valence-electron chi connectivity index (χ1n) is 10.1. The topological polar surface area (TPSA) is 76.4 Å². The van der Waals surface area contributed by atoms with E-state index in [0.717, 1.165) is 5.57 Å². The zero-order valence-electron chi connectivity index (χ0n) is 16.8. The number of fused-ring (bicyclic) bond motifs is 2. The molecule has 10 heteroatoms. The van der Waals surface area contributed by atoms with Gasteiger partial charge in [0, 0.05) is 49.6 Å². The van der Waals surface area contributed by atoms with Gasteiger partial charge in [-0.15, -0.1) is 0 Å². The summed E-state index contributed by atoms with van der Waals surface area (Å²) in [6.07, 6.45) is 7.31. The molecule has 0 bridgehead atoms. The van der Waals surface area contributed by atoms with Crippen molar-refractivity contribution >= 4 is 23.0 Å². The average Bonchev–Trinajstić information content (AvgIpc) is 3.23. The Morgan fingerprint density at radius 3 is 2.84 bits per heavy atom. The zero-order valence-corrected chi connectivity index (χ0v) is 16.8. The molecule has 4 heterocycles. The summed E-state index contributed by atoms with van der Waals surface area (Å²) in [5, 5.41) is 6.35. The van der Waals surface area contributed by atoms with Crippen LogP contribution >= 0.6 is 0 Å². The lowest BCUT2D eigenvalue weighted by Gasteiger charge is -2.29. The number of nitrogens with one attached hydrogen (secondary N) is 2. The van der Waals surface area contributed by atoms with Gasteiger partial charge in [0.2, 0.25) is 17.8 Å². The maximum absolute atomic E-state index is 14.5. The number of hydrogen-bond donors (Lipinski definition) is 2. The molecule has 3 aromatic heterocycles. The third-order valence-electron chi connectivity index (χ3n) is 5.72. The lowest BCUT2D eigenvalue weighted by Crippen LogP contribution is -2.32. The summed E-state index contributed by atoms with van der Waals surface area (Å²) in [6, 6.07) is 1.30. The van der Waals surface area contributed by atoms with Crippen molar-refractivity contribution in [2.45, 2.75) is 37.6 Å². The van der Waals surface area contributed by atoms with Crippen LogP contribution in [0.3, 0.4) is 0 Å². The third-order valence-corrected chi connectivity index (χ3v) is 5.72. The number of halogens is 3. The largest absolute Gasteiger partial charge is 0.480 e. The second kappa shape index (κ2) is 7.44. The number of rotatable bonds is 4. The van der Waals surface area contributed by atoms with Gasteiger partial charge in [0.25, 0.3) is 0 Å². The van der Waals surface area contributed by atoms with Crippen molar-refractivity contribution in [1.82, 2.24) is 19.4 Å². The van der Waals surface area contributed by atoms with E-state index in [1.807, 2.05) is 6.08 Å². The first kappa shape index (κ1) is 19.7. The predicted octanol–water partition coefficient (Wildman–Crippen LogP) is 4.12. The number of pyridine rings is 1. The Hall–Kier alpha value is -3.30. The summed E-state index contributed by atoms with van der Waals surface area (Å²) >= 11 is 0. The van der Waals surface area contributed by atoms with Crippen LogP contribution in [-0.2, 0) is 0 Å². The molecule has 1 fully saturated rings. The number of ether oxygens (including phenoxy) is 1. The molecule has 1 aliphatic heterocycles. The van der Waals surface area contributed by atoms with E-state index in [1.54, 1.807) is 16.8 Å². The van der Waals surface area contributed by atoms with Crippen LogP contribution in [0.15, 0.2) is 30.7 Å². The fraction of sp³-hybridized carbons (Fsp3) is 0.381. The lowest BCUT2D eigenvalue weighted by molar-refractivity contribution is -0.0361. The molecule has 31 heavy (non-hydrogen) atoms. The molecule has 1 aliphatic carbocycles. The van der Waals surface area contributed by atoms with Gasteiger partial charge in [0.05, 0.1) is 12.7 Å². The fourth-order valence-electron chi connectivity index (χ4n) is 4.14. The maximum Gasteiger partial charge on any atom is 0.248 e. The minimum absolute atomic E-state index is 0.126. The Morgan fingerprint density at radius 1 is 1.26 bits per heavy atom. The minimum atomic E-state index is -2.60. The van der Waals surface area contributed by atoms with Gasteiger partial charge in [0.15, 0.2) is 11.5 Å². The van der Waals surface area contributed by atoms with Crippen LogP contribution < -0.4 is 15.4 Å². The van der Waals surface area contributed by atoms with E-state index in [9.17, 15) is 13.2 Å². The Balaban J connectivity index is 1.48. The van der Waals surface area contributed by atoms with Crippen molar-refractivity contribution in [3.05, 3.63) is 47.7 Å². The monoisotopic (exact) mass is 430 g/mol. The van der Waals surface area contributed by atoms with Gasteiger partial charge in [-0.2, -0.15) is 9.97 Å². The standard InChI is InChI=1S/C21H21F3N6O/c1-31-19-16-14(12-10-15(22)18-26-8-9-30(18)11-12)4-7-25-17(16)28-20(29-19)27-13-2-5-21(23,24)6-3-13/h4,8-11,13H,2-3,5-7H2,1H3,(H2,25,27,28,29). The van der Waals surface area contributed by atoms with E-state index in [4.69, 9.17) is 4.74 Å². The number of hydrogen-bond acceptors (Lipinski definition) is 6. The van der Waals surface area contributed by atoms with Gasteiger partial charge in [-0.3, -0.25) is 0 Å². The summed E-state index contributed by atoms with van der Waals surface area (Å²) < 4.78 is 48.6. The Morgan fingerprint density at radius 2 is 2.06 bits per heavy atom. The normalized spacial score (nSPS) is 18.3. The van der Waals surface area contributed by atoms with Gasteiger partial charge < -0.3 is 19.8 Å². The van der Waals surface area contributed by atoms with Crippen molar-refractivity contribution in [3.63, 3.8) is 0 Å². The molecule has 0 aromatic carbocycles. The number of methoxy groups -OCH3 is 1. The van der Waals surface area contributed by atoms with Gasteiger partial charge in [-0.25, -0.2) is 18.2 Å². The average molecular weight is 430 g/mol. The van der Waals surface area contributed by atoms with Crippen LogP contribution in [0.2, 0.25) is 0 Å². The molecule has 5 rings (SSSR count). The number of aromatic nitrogens is 4. The summed E-state index contributed by atoms with van der Waals surface area (Å²) in [5.41, 5.74) is 2.25. The highest BCUT2D eigenvalue weighted by atomic mass is 19.3. The molecule has 0 amide bonds. The molecule has 7 nitrogen and oxygen atoms in total. The zero-order chi connectivity index (χ0) is 21.6. The maximum atomic E-state index is 14.5. The summed E-state index contributed by atoms with van der Waals surface area (Å²) in [6.45, 7) is 0.487. The van der Waals surface area contributed by atoms with Gasteiger partial charge in [-0.1, -0.05) is 6.08 Å². The van der Waals surface area contributed by atoms with Crippen molar-refractivity contribution in [2.24, 2.45) is 0 Å². The van der Waals surface area contributed by atoms with Crippen molar-refractivity contribution in [1.29, 1.82) is 0 Å². The van der Waals surface area contributed by atoms with E-state index >= 15 is 0 Å². The van der Waals surface area contributed by atoms with E-state index in [1.165, 1.54) is 19.4 Å². The van der Waals surface area contributed by atoms with E-state index in [-0.39, 0.29) is 24.5 Å². The molecule has 0 unspecified atom stereocenters. The van der Waals surface area contributed by atoms with Crippen molar-refractivity contribution in [2.75, 3.05) is 24.3 Å². The number of imidazole rings is 1. The Bertz CT molecular complexity index is 1170. The molecular formula is C21H21F3N6O. The van der Waals surface area contributed by atoms with Gasteiger partial charge in [-0.05, 0) is 24.5 Å². The molecule has 1 saturated carbocycles. The first-order chi connectivity index (χ1) is 14.9. The van der Waals surface area contributed by atoms with Crippen LogP contribution in [0.25, 0.3) is 11.2 Å². The number of anilines is 2. The minimum Gasteiger partial charge on any atom is -0.480 e. The van der Waals surface area contributed by atoms with E-state index in [0.29, 0.717) is 48.2 Å². The molecular weight excluding hydrogens is 409 g/mol. The Labute approximate surface area is 176 Å². The van der Waals surface area contributed by atoms with Crippen LogP contribution in [0, 0.1) is 5.82 Å². The molecule has 3 aromatic rings. The highest BCUT2D eigenvalue weighted by molar-refractivity contribution is 5.90. The van der Waals surface area contributed by atoms with Crippen LogP contribution in [0.5, 0.6) is 5.88 Å². The summed E-state index contributed by atoms with van der Waals surface area (Å²) in [7, 11) is 1.50. The van der Waals surface area contributed by atoms with Crippen LogP contribution in [-0.4, -0.2) is 45.0 Å². The van der Waals surface area contributed by atoms with Crippen LogP contribution in [0.1, 0.15) is 36.8 Å². The van der Waals surface area contributed by atoms with E-state index < -0.39 is 11.7 Å². The highest BCUT2D eigenvalue weighted by Crippen LogP contribution is 2.39. The second-order valence-corrected chi connectivity index (χ2v) is 7.79. The quantitative estimate of drug-likeness (QED) is 0.649. The highest BCUT2D eigenvalue weighted by Gasteiger charge is 2.35. The number of alkyl halides is 2. The smallest absolute Gasteiger partial charge is 0.248 e. The van der Waals surface area contributed by atoms with E-state index in [2.05, 4.69) is 25.6 Å². The summed E-state index contributed by atoms with van der Waals surface area (Å²) in [5.74, 6) is -1.86. The Kier molecular flexibility index (Phi) is 4.71. The number of nitrogens with zero attached hydrogens (tertiary/aromatic N) is 4. The molecule has 0 radical (unpaired) electrons. The lowest BCUT2D eigenvalue weighted by atomic mass is 9.92. The van der Waals surface area contributed by atoms with Gasteiger partial charge >= 0.3 is 0 Å². The molecule has 162 valence electrons. The SMILES string of the molecule is COc1nc(NC2CCC(F)(F)CC2)nc2c1C(c1cc(F)c3nccn3c1)=CCN2. The van der Waals surface area contributed by atoms with Crippen molar-refractivity contribution in [3.8, 4) is 5.88 Å². The predicted molar refractivity (Wildman–Crippen MR) is 110 cm³/mol. The molecule has 0 spiro atoms. The van der Waals surface area contributed by atoms with Gasteiger partial charge in [0.1, 0.15) is 5.82 Å². The molecule has 2 aliphatic rings. The molecule has 0 saturated heterocycles. The van der Waals surface area contributed by atoms with Crippen molar-refractivity contribution < 1.29 is 17.9 Å². The summed E-state index contributed by atoms with van der Waals surface area (Å²) in [4.78, 5) is 13.0. The first-order valence-corrected chi connectivity index (χ1v) is 10.1. The molecule has 2 N–H and O–H groups in total. The molecule has 0 atom stereocenters. The fourth-order valence-corrected chi connectivity index (χ4v) is 4.14. The van der Waals surface area contributed by atoms with Crippen LogP contribution in [0.4, 0.5) is 24.9 Å². The third kappa shape index (κ3) is 3.66.